The fraction of sp³-hybridized carbons (Fsp3) is 0.533. The van der Waals surface area contributed by atoms with Crippen LogP contribution < -0.4 is 5.73 Å². The van der Waals surface area contributed by atoms with Gasteiger partial charge < -0.3 is 10.9 Å². The molecule has 3 N–H and O–H groups in total. The molecule has 0 radical (unpaired) electrons. The summed E-state index contributed by atoms with van der Waals surface area (Å²) >= 11 is 0. The molecule has 4 nitrogen and oxygen atoms in total. The summed E-state index contributed by atoms with van der Waals surface area (Å²) in [4.78, 5) is 2.45. The largest absolute Gasteiger partial charge is 0.409 e. The van der Waals surface area contributed by atoms with E-state index in [2.05, 4.69) is 43.8 Å². The van der Waals surface area contributed by atoms with Crippen molar-refractivity contribution in [3.05, 3.63) is 34.9 Å². The molecule has 0 bridgehead atoms. The highest BCUT2D eigenvalue weighted by Crippen LogP contribution is 2.15. The molecule has 0 spiro atoms. The minimum Gasteiger partial charge on any atom is -0.409 e. The van der Waals surface area contributed by atoms with Crippen LogP contribution in [0.4, 0.5) is 0 Å². The van der Waals surface area contributed by atoms with E-state index >= 15 is 0 Å². The molecule has 0 unspecified atom stereocenters. The molecule has 1 aromatic rings. The topological polar surface area (TPSA) is 61.8 Å². The van der Waals surface area contributed by atoms with Crippen LogP contribution in [0.15, 0.2) is 23.4 Å². The molecule has 0 aliphatic rings. The van der Waals surface area contributed by atoms with Crippen molar-refractivity contribution in [1.29, 1.82) is 0 Å². The first-order chi connectivity index (χ1) is 8.99. The molecule has 0 aliphatic heterocycles. The van der Waals surface area contributed by atoms with Crippen LogP contribution in [0.25, 0.3) is 0 Å². The lowest BCUT2D eigenvalue weighted by molar-refractivity contribution is 0.213. The fourth-order valence-electron chi connectivity index (χ4n) is 2.12. The second kappa shape index (κ2) is 7.14. The van der Waals surface area contributed by atoms with Crippen molar-refractivity contribution < 1.29 is 5.21 Å². The van der Waals surface area contributed by atoms with Gasteiger partial charge in [0, 0.05) is 18.2 Å². The molecule has 0 atom stereocenters. The van der Waals surface area contributed by atoms with E-state index in [1.54, 1.807) is 0 Å². The lowest BCUT2D eigenvalue weighted by atomic mass is 10.0. The maximum absolute atomic E-state index is 8.69. The van der Waals surface area contributed by atoms with E-state index < -0.39 is 0 Å². The van der Waals surface area contributed by atoms with Crippen molar-refractivity contribution in [2.45, 2.75) is 46.7 Å². The molecule has 4 heteroatoms. The van der Waals surface area contributed by atoms with E-state index in [0.29, 0.717) is 6.04 Å². The Balaban J connectivity index is 2.90. The van der Waals surface area contributed by atoms with E-state index in [0.717, 1.165) is 25.1 Å². The van der Waals surface area contributed by atoms with Gasteiger partial charge in [0.15, 0.2) is 5.84 Å². The van der Waals surface area contributed by atoms with E-state index in [4.69, 9.17) is 10.9 Å². The van der Waals surface area contributed by atoms with Gasteiger partial charge in [-0.3, -0.25) is 4.90 Å². The number of amidine groups is 1. The van der Waals surface area contributed by atoms with Crippen molar-refractivity contribution in [1.82, 2.24) is 4.90 Å². The number of hydrogen-bond donors (Lipinski definition) is 2. The molecule has 106 valence electrons. The third kappa shape index (κ3) is 4.24. The van der Waals surface area contributed by atoms with Gasteiger partial charge in [-0.05, 0) is 50.9 Å². The molecule has 0 saturated heterocycles. The van der Waals surface area contributed by atoms with Gasteiger partial charge in [0.2, 0.25) is 0 Å². The molecular formula is C15H25N3O. The summed E-state index contributed by atoms with van der Waals surface area (Å²) in [6.07, 6.45) is 1.15. The zero-order valence-corrected chi connectivity index (χ0v) is 12.3. The predicted molar refractivity (Wildman–Crippen MR) is 79.5 cm³/mol. The Morgan fingerprint density at radius 1 is 1.42 bits per heavy atom. The molecule has 0 aromatic heterocycles. The highest BCUT2D eigenvalue weighted by Gasteiger charge is 2.11. The van der Waals surface area contributed by atoms with Crippen LogP contribution in [0.2, 0.25) is 0 Å². The first kappa shape index (κ1) is 15.5. The molecule has 0 heterocycles. The maximum Gasteiger partial charge on any atom is 0.170 e. The van der Waals surface area contributed by atoms with Crippen molar-refractivity contribution in [2.24, 2.45) is 10.9 Å². The van der Waals surface area contributed by atoms with E-state index in [-0.39, 0.29) is 5.84 Å². The number of aryl methyl sites for hydroxylation is 1. The van der Waals surface area contributed by atoms with Crippen molar-refractivity contribution in [3.8, 4) is 0 Å². The summed E-state index contributed by atoms with van der Waals surface area (Å²) in [6, 6.07) is 6.47. The maximum atomic E-state index is 8.69. The van der Waals surface area contributed by atoms with Gasteiger partial charge >= 0.3 is 0 Å². The van der Waals surface area contributed by atoms with Crippen molar-refractivity contribution >= 4 is 5.84 Å². The molecule has 0 saturated carbocycles. The zero-order chi connectivity index (χ0) is 14.4. The molecular weight excluding hydrogens is 238 g/mol. The highest BCUT2D eigenvalue weighted by molar-refractivity contribution is 5.97. The number of nitrogens with zero attached hydrogens (tertiary/aromatic N) is 2. The average molecular weight is 263 g/mol. The Hall–Kier alpha value is -1.55. The van der Waals surface area contributed by atoms with Crippen LogP contribution in [0, 0.1) is 6.92 Å². The average Bonchev–Trinajstić information content (AvgIpc) is 2.39. The molecule has 0 amide bonds. The number of oxime groups is 1. The molecule has 1 aromatic carbocycles. The number of benzene rings is 1. The normalized spacial score (nSPS) is 12.4. The SMILES string of the molecule is CCCN(Cc1ccc(/C(N)=N/O)cc1C)C(C)C. The van der Waals surface area contributed by atoms with Crippen molar-refractivity contribution in [3.63, 3.8) is 0 Å². The van der Waals surface area contributed by atoms with Gasteiger partial charge in [0.1, 0.15) is 0 Å². The Kier molecular flexibility index (Phi) is 5.83. The minimum absolute atomic E-state index is 0.156. The predicted octanol–water partition coefficient (Wildman–Crippen LogP) is 2.71. The number of nitrogens with two attached hydrogens (primary N) is 1. The molecule has 1 rings (SSSR count). The lowest BCUT2D eigenvalue weighted by Gasteiger charge is -2.26. The van der Waals surface area contributed by atoms with E-state index in [1.807, 2.05) is 12.1 Å². The first-order valence-electron chi connectivity index (χ1n) is 6.81. The van der Waals surface area contributed by atoms with Crippen LogP contribution in [0.3, 0.4) is 0 Å². The first-order valence-corrected chi connectivity index (χ1v) is 6.81. The standard InChI is InChI=1S/C15H25N3O/c1-5-8-18(11(2)3)10-14-7-6-13(9-12(14)4)15(16)17-19/h6-7,9,11,19H,5,8,10H2,1-4H3,(H2,16,17). The Morgan fingerprint density at radius 3 is 2.58 bits per heavy atom. The Bertz CT molecular complexity index is 441. The van der Waals surface area contributed by atoms with Gasteiger partial charge in [-0.2, -0.15) is 0 Å². The summed E-state index contributed by atoms with van der Waals surface area (Å²) in [5.41, 5.74) is 8.82. The second-order valence-electron chi connectivity index (χ2n) is 5.19. The molecule has 19 heavy (non-hydrogen) atoms. The van der Waals surface area contributed by atoms with E-state index in [9.17, 15) is 0 Å². The summed E-state index contributed by atoms with van der Waals surface area (Å²) < 4.78 is 0. The van der Waals surface area contributed by atoms with Gasteiger partial charge in [-0.1, -0.05) is 24.2 Å². The third-order valence-electron chi connectivity index (χ3n) is 3.36. The second-order valence-corrected chi connectivity index (χ2v) is 5.19. The van der Waals surface area contributed by atoms with Crippen LogP contribution in [-0.2, 0) is 6.54 Å². The van der Waals surface area contributed by atoms with Gasteiger partial charge in [-0.25, -0.2) is 0 Å². The van der Waals surface area contributed by atoms with Crippen LogP contribution in [-0.4, -0.2) is 28.5 Å². The van der Waals surface area contributed by atoms with Crippen LogP contribution >= 0.6 is 0 Å². The van der Waals surface area contributed by atoms with Crippen LogP contribution in [0.1, 0.15) is 43.9 Å². The zero-order valence-electron chi connectivity index (χ0n) is 12.3. The summed E-state index contributed by atoms with van der Waals surface area (Å²) in [6.45, 7) is 10.7. The van der Waals surface area contributed by atoms with E-state index in [1.165, 1.54) is 11.1 Å². The van der Waals surface area contributed by atoms with Crippen LogP contribution in [0.5, 0.6) is 0 Å². The van der Waals surface area contributed by atoms with Gasteiger partial charge in [0.05, 0.1) is 0 Å². The van der Waals surface area contributed by atoms with Gasteiger partial charge in [-0.15, -0.1) is 0 Å². The lowest BCUT2D eigenvalue weighted by Crippen LogP contribution is -2.31. The monoisotopic (exact) mass is 263 g/mol. The minimum atomic E-state index is 0.156. The van der Waals surface area contributed by atoms with Gasteiger partial charge in [0.25, 0.3) is 0 Å². The highest BCUT2D eigenvalue weighted by atomic mass is 16.4. The van der Waals surface area contributed by atoms with Crippen molar-refractivity contribution in [2.75, 3.05) is 6.54 Å². The summed E-state index contributed by atoms with van der Waals surface area (Å²) in [7, 11) is 0. The number of rotatable bonds is 6. The quantitative estimate of drug-likeness (QED) is 0.359. The smallest absolute Gasteiger partial charge is 0.170 e. The Labute approximate surface area is 115 Å². The summed E-state index contributed by atoms with van der Waals surface area (Å²) in [5, 5.41) is 11.7. The molecule has 0 fully saturated rings. The third-order valence-corrected chi connectivity index (χ3v) is 3.36. The summed E-state index contributed by atoms with van der Waals surface area (Å²) in [5.74, 6) is 0.156. The fourth-order valence-corrected chi connectivity index (χ4v) is 2.12. The Morgan fingerprint density at radius 2 is 2.11 bits per heavy atom. The molecule has 0 aliphatic carbocycles. The number of hydrogen-bond acceptors (Lipinski definition) is 3.